The number of carboxylic acids is 1. The van der Waals surface area contributed by atoms with Gasteiger partial charge in [0.15, 0.2) is 0 Å². The molecule has 13 heteroatoms. The van der Waals surface area contributed by atoms with E-state index >= 15 is 0 Å². The summed E-state index contributed by atoms with van der Waals surface area (Å²) in [5.74, 6) is -4.64. The first kappa shape index (κ1) is 27.5. The summed E-state index contributed by atoms with van der Waals surface area (Å²) in [6, 6.07) is 3.91. The Morgan fingerprint density at radius 3 is 2.00 bits per heavy atom. The van der Waals surface area contributed by atoms with Crippen molar-refractivity contribution in [2.24, 2.45) is 5.73 Å². The van der Waals surface area contributed by atoms with Gasteiger partial charge in [-0.25, -0.2) is 4.79 Å². The van der Waals surface area contributed by atoms with E-state index in [4.69, 9.17) is 15.9 Å². The lowest BCUT2D eigenvalue weighted by molar-refractivity contribution is -0.143. The molecule has 0 radical (unpaired) electrons. The fourth-order valence-electron chi connectivity index (χ4n) is 2.57. The Morgan fingerprint density at radius 2 is 1.45 bits per heavy atom. The predicted octanol–water partition coefficient (Wildman–Crippen LogP) is -3.78. The van der Waals surface area contributed by atoms with Gasteiger partial charge in [-0.1, -0.05) is 30.3 Å². The summed E-state index contributed by atoms with van der Waals surface area (Å²) in [4.78, 5) is 59.1. The molecule has 0 heterocycles. The smallest absolute Gasteiger partial charge is 0.328 e. The van der Waals surface area contributed by atoms with E-state index < -0.39 is 73.5 Å². The molecular weight excluding hydrogens is 438 g/mol. The van der Waals surface area contributed by atoms with Crippen molar-refractivity contribution in [3.63, 3.8) is 0 Å². The van der Waals surface area contributed by atoms with Crippen molar-refractivity contribution in [1.29, 1.82) is 0 Å². The van der Waals surface area contributed by atoms with Crippen LogP contribution < -0.4 is 27.0 Å². The summed E-state index contributed by atoms with van der Waals surface area (Å²) >= 11 is 0. The lowest BCUT2D eigenvalue weighted by atomic mass is 10.1. The molecular formula is C20H29N5O8. The monoisotopic (exact) mass is 467 g/mol. The van der Waals surface area contributed by atoms with Crippen molar-refractivity contribution in [1.82, 2.24) is 21.3 Å². The number of amides is 4. The van der Waals surface area contributed by atoms with Gasteiger partial charge in [0.25, 0.3) is 0 Å². The third kappa shape index (κ3) is 9.64. The third-order valence-corrected chi connectivity index (χ3v) is 4.44. The predicted molar refractivity (Wildman–Crippen MR) is 114 cm³/mol. The fourth-order valence-corrected chi connectivity index (χ4v) is 2.57. The van der Waals surface area contributed by atoms with Crippen molar-refractivity contribution in [2.45, 2.75) is 37.5 Å². The Kier molecular flexibility index (Phi) is 11.5. The van der Waals surface area contributed by atoms with Crippen molar-refractivity contribution in [3.05, 3.63) is 35.9 Å². The summed E-state index contributed by atoms with van der Waals surface area (Å²) in [6.07, 6.45) is 0.275. The van der Waals surface area contributed by atoms with Crippen LogP contribution >= 0.6 is 0 Å². The lowest BCUT2D eigenvalue weighted by Gasteiger charge is -2.21. The minimum atomic E-state index is -1.61. The van der Waals surface area contributed by atoms with Crippen LogP contribution in [0.2, 0.25) is 0 Å². The van der Waals surface area contributed by atoms with Crippen LogP contribution in [0.5, 0.6) is 0 Å². The van der Waals surface area contributed by atoms with Crippen LogP contribution in [-0.2, 0) is 30.4 Å². The normalized spacial score (nSPS) is 14.2. The summed E-state index contributed by atoms with van der Waals surface area (Å²) < 4.78 is 0. The van der Waals surface area contributed by atoms with Crippen LogP contribution in [-0.4, -0.2) is 88.8 Å². The molecule has 4 atom stereocenters. The molecule has 13 nitrogen and oxygen atoms in total. The molecule has 0 saturated heterocycles. The Bertz CT molecular complexity index is 835. The number of aliphatic hydroxyl groups excluding tert-OH is 2. The van der Waals surface area contributed by atoms with Crippen LogP contribution in [0.15, 0.2) is 30.3 Å². The highest BCUT2D eigenvalue weighted by Gasteiger charge is 2.27. The van der Waals surface area contributed by atoms with E-state index in [9.17, 15) is 29.1 Å². The second kappa shape index (κ2) is 13.8. The van der Waals surface area contributed by atoms with Gasteiger partial charge in [-0.2, -0.15) is 0 Å². The average molecular weight is 467 g/mol. The van der Waals surface area contributed by atoms with E-state index in [0.717, 1.165) is 5.56 Å². The number of carbonyl (C=O) groups excluding carboxylic acids is 4. The standard InChI is InChI=1S/C20H29N5O8/c1-11(17(29)24-14(9-26)19(31)25-15(10-27)20(32)33)23-16(28)8-22-18(30)13(21)7-12-5-3-2-4-6-12/h2-6,11,13-15,26-27H,7-10,21H2,1H3,(H,22,30)(H,23,28)(H,24,29)(H,25,31)(H,32,33). The number of carbonyl (C=O) groups is 5. The number of aliphatic hydroxyl groups is 2. The van der Waals surface area contributed by atoms with E-state index in [0.29, 0.717) is 0 Å². The molecule has 0 fully saturated rings. The van der Waals surface area contributed by atoms with E-state index in [1.54, 1.807) is 0 Å². The van der Waals surface area contributed by atoms with Gasteiger partial charge in [0.1, 0.15) is 18.1 Å². The maximum Gasteiger partial charge on any atom is 0.328 e. The first-order valence-electron chi connectivity index (χ1n) is 10.0. The van der Waals surface area contributed by atoms with Crippen molar-refractivity contribution >= 4 is 29.6 Å². The van der Waals surface area contributed by atoms with Gasteiger partial charge in [0.05, 0.1) is 25.8 Å². The number of nitrogens with one attached hydrogen (secondary N) is 4. The molecule has 33 heavy (non-hydrogen) atoms. The first-order valence-corrected chi connectivity index (χ1v) is 10.0. The van der Waals surface area contributed by atoms with E-state index in [-0.39, 0.29) is 6.42 Å². The maximum absolute atomic E-state index is 12.2. The van der Waals surface area contributed by atoms with Gasteiger partial charge in [-0.15, -0.1) is 0 Å². The number of hydrogen-bond donors (Lipinski definition) is 8. The first-order chi connectivity index (χ1) is 15.6. The molecule has 0 bridgehead atoms. The highest BCUT2D eigenvalue weighted by molar-refractivity contribution is 5.94. The molecule has 0 aliphatic rings. The van der Waals surface area contributed by atoms with Crippen LogP contribution in [0, 0.1) is 0 Å². The minimum Gasteiger partial charge on any atom is -0.480 e. The van der Waals surface area contributed by atoms with Crippen LogP contribution in [0.3, 0.4) is 0 Å². The van der Waals surface area contributed by atoms with E-state index in [1.807, 2.05) is 35.6 Å². The van der Waals surface area contributed by atoms with Gasteiger partial charge >= 0.3 is 5.97 Å². The third-order valence-electron chi connectivity index (χ3n) is 4.44. The Morgan fingerprint density at radius 1 is 0.879 bits per heavy atom. The number of hydrogen-bond acceptors (Lipinski definition) is 8. The molecule has 9 N–H and O–H groups in total. The Balaban J connectivity index is 2.48. The van der Waals surface area contributed by atoms with Gasteiger partial charge in [-0.05, 0) is 18.9 Å². The van der Waals surface area contributed by atoms with Crippen molar-refractivity contribution in [3.8, 4) is 0 Å². The van der Waals surface area contributed by atoms with Gasteiger partial charge in [0, 0.05) is 0 Å². The Hall–Kier alpha value is -3.55. The molecule has 182 valence electrons. The van der Waals surface area contributed by atoms with Crippen molar-refractivity contribution < 1.29 is 39.3 Å². The van der Waals surface area contributed by atoms with Crippen LogP contribution in [0.1, 0.15) is 12.5 Å². The van der Waals surface area contributed by atoms with E-state index in [1.165, 1.54) is 6.92 Å². The highest BCUT2D eigenvalue weighted by Crippen LogP contribution is 2.01. The molecule has 0 aliphatic carbocycles. The van der Waals surface area contributed by atoms with Gasteiger partial charge < -0.3 is 42.3 Å². The zero-order valence-electron chi connectivity index (χ0n) is 18.0. The summed E-state index contributed by atoms with van der Waals surface area (Å²) in [5, 5.41) is 35.9. The molecule has 0 aromatic heterocycles. The number of rotatable bonds is 13. The largest absolute Gasteiger partial charge is 0.480 e. The summed E-state index contributed by atoms with van der Waals surface area (Å²) in [7, 11) is 0. The van der Waals surface area contributed by atoms with Crippen LogP contribution in [0.25, 0.3) is 0 Å². The van der Waals surface area contributed by atoms with E-state index in [2.05, 4.69) is 16.0 Å². The van der Waals surface area contributed by atoms with Crippen LogP contribution in [0.4, 0.5) is 0 Å². The Labute approximate surface area is 189 Å². The lowest BCUT2D eigenvalue weighted by Crippen LogP contribution is -2.57. The molecule has 0 spiro atoms. The second-order valence-electron chi connectivity index (χ2n) is 7.13. The van der Waals surface area contributed by atoms with Gasteiger partial charge in [0.2, 0.25) is 23.6 Å². The molecule has 1 rings (SSSR count). The average Bonchev–Trinajstić information content (AvgIpc) is 2.79. The molecule has 4 unspecified atom stereocenters. The molecule has 1 aromatic rings. The van der Waals surface area contributed by atoms with Crippen molar-refractivity contribution in [2.75, 3.05) is 19.8 Å². The summed E-state index contributed by atoms with van der Waals surface area (Å²) in [6.45, 7) is -0.887. The number of nitrogens with two attached hydrogens (primary N) is 1. The highest BCUT2D eigenvalue weighted by atomic mass is 16.4. The maximum atomic E-state index is 12.2. The number of carboxylic acid groups (broad SMARTS) is 1. The zero-order valence-corrected chi connectivity index (χ0v) is 18.0. The quantitative estimate of drug-likeness (QED) is 0.142. The second-order valence-corrected chi connectivity index (χ2v) is 7.13. The SMILES string of the molecule is CC(NC(=O)CNC(=O)C(N)Cc1ccccc1)C(=O)NC(CO)C(=O)NC(CO)C(=O)O. The molecule has 4 amide bonds. The topological polar surface area (TPSA) is 220 Å². The number of benzene rings is 1. The summed E-state index contributed by atoms with van der Waals surface area (Å²) in [5.41, 5.74) is 6.68. The van der Waals surface area contributed by atoms with Gasteiger partial charge in [-0.3, -0.25) is 19.2 Å². The number of aliphatic carboxylic acids is 1. The fraction of sp³-hybridized carbons (Fsp3) is 0.450. The molecule has 0 aliphatic heterocycles. The molecule has 0 saturated carbocycles. The zero-order chi connectivity index (χ0) is 25.0. The minimum absolute atomic E-state index is 0.275. The molecule has 1 aromatic carbocycles.